The molecular formula is C32H52O3S. The number of benzene rings is 2. The van der Waals surface area contributed by atoms with Crippen LogP contribution in [-0.4, -0.2) is 13.0 Å². The van der Waals surface area contributed by atoms with Crippen molar-refractivity contribution >= 4 is 20.9 Å². The summed E-state index contributed by atoms with van der Waals surface area (Å²) in [6.45, 7) is 2.28. The van der Waals surface area contributed by atoms with Gasteiger partial charge in [-0.3, -0.25) is 4.55 Å². The minimum absolute atomic E-state index is 0.0957. The molecule has 0 unspecified atom stereocenters. The van der Waals surface area contributed by atoms with Crippen LogP contribution in [0.2, 0.25) is 0 Å². The number of unbranched alkanes of at least 4 members (excludes halogenated alkanes) is 19. The van der Waals surface area contributed by atoms with E-state index in [1.165, 1.54) is 116 Å². The van der Waals surface area contributed by atoms with Gasteiger partial charge in [-0.1, -0.05) is 165 Å². The molecule has 2 rings (SSSR count). The first-order chi connectivity index (χ1) is 17.5. The average Bonchev–Trinajstić information content (AvgIpc) is 2.86. The molecule has 204 valence electrons. The molecule has 0 amide bonds. The molecular weight excluding hydrogens is 464 g/mol. The van der Waals surface area contributed by atoms with Crippen LogP contribution in [0.25, 0.3) is 10.8 Å². The molecule has 0 spiro atoms. The molecule has 0 aliphatic rings. The van der Waals surface area contributed by atoms with Crippen molar-refractivity contribution in [1.82, 2.24) is 0 Å². The van der Waals surface area contributed by atoms with Gasteiger partial charge in [-0.2, -0.15) is 8.42 Å². The van der Waals surface area contributed by atoms with Gasteiger partial charge in [-0.05, 0) is 23.8 Å². The predicted molar refractivity (Wildman–Crippen MR) is 155 cm³/mol. The fourth-order valence-corrected chi connectivity index (χ4v) is 6.33. The first kappa shape index (κ1) is 30.8. The summed E-state index contributed by atoms with van der Waals surface area (Å²) >= 11 is 0. The average molecular weight is 517 g/mol. The summed E-state index contributed by atoms with van der Waals surface area (Å²) in [6.07, 6.45) is 27.7. The Kier molecular flexibility index (Phi) is 16.1. The number of hydrogen-bond acceptors (Lipinski definition) is 2. The van der Waals surface area contributed by atoms with Gasteiger partial charge in [0.1, 0.15) is 4.90 Å². The van der Waals surface area contributed by atoms with Crippen molar-refractivity contribution in [2.45, 2.75) is 147 Å². The van der Waals surface area contributed by atoms with Crippen LogP contribution in [0.1, 0.15) is 141 Å². The van der Waals surface area contributed by atoms with Crippen molar-refractivity contribution in [2.75, 3.05) is 0 Å². The standard InChI is InChI=1S/C32H52O3S/c1-2-3-4-5-6-7-8-9-10-11-12-13-14-15-16-17-18-19-20-21-25-30-28-27-29-24-22-23-26-31(29)32(30)36(33,34)35/h22-24,26-28H,2-21,25H2,1H3,(H,33,34,35). The van der Waals surface area contributed by atoms with E-state index in [1.54, 1.807) is 6.07 Å². The molecule has 0 aliphatic heterocycles. The lowest BCUT2D eigenvalue weighted by molar-refractivity contribution is 0.482. The van der Waals surface area contributed by atoms with Crippen molar-refractivity contribution in [3.05, 3.63) is 42.0 Å². The van der Waals surface area contributed by atoms with Crippen LogP contribution in [0, 0.1) is 0 Å². The summed E-state index contributed by atoms with van der Waals surface area (Å²) < 4.78 is 33.9. The molecule has 2 aromatic rings. The quantitative estimate of drug-likeness (QED) is 0.125. The molecule has 0 radical (unpaired) electrons. The van der Waals surface area contributed by atoms with Gasteiger partial charge >= 0.3 is 0 Å². The Morgan fingerprint density at radius 2 is 0.972 bits per heavy atom. The minimum atomic E-state index is -4.24. The monoisotopic (exact) mass is 516 g/mol. The van der Waals surface area contributed by atoms with Gasteiger partial charge in [0.05, 0.1) is 0 Å². The molecule has 1 N–H and O–H groups in total. The van der Waals surface area contributed by atoms with Crippen LogP contribution in [0.4, 0.5) is 0 Å². The van der Waals surface area contributed by atoms with Crippen LogP contribution in [0.5, 0.6) is 0 Å². The molecule has 36 heavy (non-hydrogen) atoms. The molecule has 0 aromatic heterocycles. The molecule has 0 fully saturated rings. The Hall–Kier alpha value is -1.39. The normalized spacial score (nSPS) is 11.9. The summed E-state index contributed by atoms with van der Waals surface area (Å²) in [5, 5.41) is 1.46. The van der Waals surface area contributed by atoms with E-state index in [2.05, 4.69) is 6.92 Å². The number of fused-ring (bicyclic) bond motifs is 1. The lowest BCUT2D eigenvalue weighted by Gasteiger charge is -2.11. The van der Waals surface area contributed by atoms with Gasteiger partial charge in [0.2, 0.25) is 0 Å². The van der Waals surface area contributed by atoms with E-state index in [0.29, 0.717) is 11.8 Å². The van der Waals surface area contributed by atoms with Crippen molar-refractivity contribution < 1.29 is 13.0 Å². The van der Waals surface area contributed by atoms with E-state index >= 15 is 0 Å². The van der Waals surface area contributed by atoms with Gasteiger partial charge < -0.3 is 0 Å². The van der Waals surface area contributed by atoms with Gasteiger partial charge in [-0.25, -0.2) is 0 Å². The third kappa shape index (κ3) is 12.7. The lowest BCUT2D eigenvalue weighted by atomic mass is 10.0. The van der Waals surface area contributed by atoms with E-state index in [9.17, 15) is 13.0 Å². The van der Waals surface area contributed by atoms with Crippen molar-refractivity contribution in [2.24, 2.45) is 0 Å². The van der Waals surface area contributed by atoms with E-state index in [1.807, 2.05) is 30.3 Å². The lowest BCUT2D eigenvalue weighted by Crippen LogP contribution is -2.04. The fourth-order valence-electron chi connectivity index (χ4n) is 5.36. The highest BCUT2D eigenvalue weighted by molar-refractivity contribution is 7.86. The third-order valence-corrected chi connectivity index (χ3v) is 8.52. The molecule has 4 heteroatoms. The van der Waals surface area contributed by atoms with E-state index in [4.69, 9.17) is 0 Å². The highest BCUT2D eigenvalue weighted by atomic mass is 32.2. The SMILES string of the molecule is CCCCCCCCCCCCCCCCCCCCCCc1ccc2ccccc2c1S(=O)(=O)O. The topological polar surface area (TPSA) is 54.4 Å². The molecule has 0 atom stereocenters. The smallest absolute Gasteiger partial charge is 0.282 e. The summed E-state index contributed by atoms with van der Waals surface area (Å²) in [7, 11) is -4.24. The van der Waals surface area contributed by atoms with Gasteiger partial charge in [0, 0.05) is 5.39 Å². The maximum Gasteiger partial charge on any atom is 0.295 e. The predicted octanol–water partition coefficient (Wildman–Crippen LogP) is 10.5. The molecule has 0 saturated heterocycles. The Morgan fingerprint density at radius 1 is 0.556 bits per heavy atom. The second-order valence-electron chi connectivity index (χ2n) is 10.7. The van der Waals surface area contributed by atoms with Crippen molar-refractivity contribution in [3.8, 4) is 0 Å². The van der Waals surface area contributed by atoms with Crippen LogP contribution in [-0.2, 0) is 16.5 Å². The maximum absolute atomic E-state index is 12.0. The summed E-state index contributed by atoms with van der Waals surface area (Å²) in [5.74, 6) is 0. The molecule has 0 aliphatic carbocycles. The molecule has 0 bridgehead atoms. The maximum atomic E-state index is 12.0. The molecule has 2 aromatic carbocycles. The molecule has 0 saturated carbocycles. The highest BCUT2D eigenvalue weighted by Gasteiger charge is 2.18. The second-order valence-corrected chi connectivity index (χ2v) is 12.1. The van der Waals surface area contributed by atoms with E-state index < -0.39 is 10.1 Å². The number of aryl methyl sites for hydroxylation is 1. The van der Waals surface area contributed by atoms with Crippen LogP contribution >= 0.6 is 0 Å². The minimum Gasteiger partial charge on any atom is -0.282 e. The zero-order valence-corrected chi connectivity index (χ0v) is 23.8. The summed E-state index contributed by atoms with van der Waals surface area (Å²) in [5.41, 5.74) is 0.735. The number of hydrogen-bond donors (Lipinski definition) is 1. The Morgan fingerprint density at radius 3 is 1.42 bits per heavy atom. The Labute approximate surface area is 222 Å². The Balaban J connectivity index is 1.43. The van der Waals surface area contributed by atoms with Crippen LogP contribution in [0.15, 0.2) is 41.3 Å². The fraction of sp³-hybridized carbons (Fsp3) is 0.688. The Bertz CT molecular complexity index is 936. The van der Waals surface area contributed by atoms with Crippen molar-refractivity contribution in [1.29, 1.82) is 0 Å². The third-order valence-electron chi connectivity index (χ3n) is 7.52. The van der Waals surface area contributed by atoms with Gasteiger partial charge in [0.25, 0.3) is 10.1 Å². The highest BCUT2D eigenvalue weighted by Crippen LogP contribution is 2.28. The summed E-state index contributed by atoms with van der Waals surface area (Å²) in [6, 6.07) is 11.2. The van der Waals surface area contributed by atoms with E-state index in [0.717, 1.165) is 23.8 Å². The second kappa shape index (κ2) is 18.8. The first-order valence-corrected chi connectivity index (χ1v) is 16.5. The van der Waals surface area contributed by atoms with Gasteiger partial charge in [-0.15, -0.1) is 0 Å². The zero-order chi connectivity index (χ0) is 25.9. The summed E-state index contributed by atoms with van der Waals surface area (Å²) in [4.78, 5) is 0.0957. The largest absolute Gasteiger partial charge is 0.295 e. The zero-order valence-electron chi connectivity index (χ0n) is 23.0. The molecule has 0 heterocycles. The van der Waals surface area contributed by atoms with Crippen LogP contribution in [0.3, 0.4) is 0 Å². The van der Waals surface area contributed by atoms with Gasteiger partial charge in [0.15, 0.2) is 0 Å². The van der Waals surface area contributed by atoms with E-state index in [-0.39, 0.29) is 4.90 Å². The van der Waals surface area contributed by atoms with Crippen LogP contribution < -0.4 is 0 Å². The first-order valence-electron chi connectivity index (χ1n) is 15.0. The van der Waals surface area contributed by atoms with Crippen molar-refractivity contribution in [3.63, 3.8) is 0 Å². The molecule has 3 nitrogen and oxygen atoms in total. The number of rotatable bonds is 22.